The molecule has 3 aliphatic rings. The van der Waals surface area contributed by atoms with Crippen LogP contribution in [0.3, 0.4) is 0 Å². The van der Waals surface area contributed by atoms with E-state index in [2.05, 4.69) is 27.2 Å². The van der Waals surface area contributed by atoms with E-state index >= 15 is 0 Å². The number of rotatable bonds is 1. The largest absolute Gasteiger partial charge is 0.371 e. The first kappa shape index (κ1) is 11.6. The average molecular weight is 257 g/mol. The maximum atomic E-state index is 3.44. The Morgan fingerprint density at radius 2 is 1.42 bits per heavy atom. The molecular weight excluding hydrogens is 234 g/mol. The highest BCUT2D eigenvalue weighted by molar-refractivity contribution is 5.69. The van der Waals surface area contributed by atoms with Gasteiger partial charge in [0.25, 0.3) is 0 Å². The minimum atomic E-state index is 1.12. The third kappa shape index (κ3) is 2.00. The molecule has 0 unspecified atom stereocenters. The Balaban J connectivity index is 1.74. The second-order valence-electron chi connectivity index (χ2n) is 6.04. The van der Waals surface area contributed by atoms with Crippen LogP contribution in [0.5, 0.6) is 0 Å². The first-order valence-corrected chi connectivity index (χ1v) is 7.78. The van der Waals surface area contributed by atoms with E-state index in [0.717, 1.165) is 26.2 Å². The minimum Gasteiger partial charge on any atom is -0.371 e. The maximum Gasteiger partial charge on any atom is 0.0432 e. The van der Waals surface area contributed by atoms with Crippen molar-refractivity contribution >= 4 is 11.4 Å². The van der Waals surface area contributed by atoms with Crippen LogP contribution in [-0.4, -0.2) is 39.3 Å². The van der Waals surface area contributed by atoms with Gasteiger partial charge >= 0.3 is 0 Å². The fraction of sp³-hybridized carbons (Fsp3) is 0.625. The quantitative estimate of drug-likeness (QED) is 0.827. The molecule has 0 aromatic heterocycles. The number of anilines is 2. The normalized spacial score (nSPS) is 22.3. The SMILES string of the molecule is c1c(N2CCNCC2)cc2c3c1CCCN3CCC2. The number of benzene rings is 1. The molecule has 3 aliphatic heterocycles. The number of piperazine rings is 1. The molecular formula is C16H23N3. The summed E-state index contributed by atoms with van der Waals surface area (Å²) in [6.45, 7) is 7.10. The van der Waals surface area contributed by atoms with Crippen LogP contribution in [0.15, 0.2) is 12.1 Å². The summed E-state index contributed by atoms with van der Waals surface area (Å²) in [4.78, 5) is 5.18. The van der Waals surface area contributed by atoms with E-state index in [4.69, 9.17) is 0 Å². The third-order valence-corrected chi connectivity index (χ3v) is 4.80. The topological polar surface area (TPSA) is 18.5 Å². The molecule has 0 spiro atoms. The van der Waals surface area contributed by atoms with E-state index in [1.54, 1.807) is 16.8 Å². The van der Waals surface area contributed by atoms with Gasteiger partial charge in [0.05, 0.1) is 0 Å². The fourth-order valence-electron chi connectivity index (χ4n) is 3.89. The van der Waals surface area contributed by atoms with Crippen LogP contribution in [-0.2, 0) is 12.8 Å². The number of aryl methyl sites for hydroxylation is 2. The van der Waals surface area contributed by atoms with Gasteiger partial charge in [0.1, 0.15) is 0 Å². The Labute approximate surface area is 115 Å². The van der Waals surface area contributed by atoms with E-state index in [9.17, 15) is 0 Å². The van der Waals surface area contributed by atoms with Gasteiger partial charge < -0.3 is 15.1 Å². The van der Waals surface area contributed by atoms with E-state index in [1.165, 1.54) is 44.5 Å². The van der Waals surface area contributed by atoms with Crippen molar-refractivity contribution in [2.45, 2.75) is 25.7 Å². The summed E-state index contributed by atoms with van der Waals surface area (Å²) in [6.07, 6.45) is 5.21. The van der Waals surface area contributed by atoms with Gasteiger partial charge in [-0.2, -0.15) is 0 Å². The van der Waals surface area contributed by atoms with Crippen molar-refractivity contribution in [2.75, 3.05) is 49.1 Å². The summed E-state index contributed by atoms with van der Waals surface area (Å²) in [7, 11) is 0. The van der Waals surface area contributed by atoms with E-state index in [1.807, 2.05) is 0 Å². The lowest BCUT2D eigenvalue weighted by molar-refractivity contribution is 0.587. The lowest BCUT2D eigenvalue weighted by Gasteiger charge is -2.38. The van der Waals surface area contributed by atoms with Crippen LogP contribution in [0.2, 0.25) is 0 Å². The zero-order valence-corrected chi connectivity index (χ0v) is 11.6. The van der Waals surface area contributed by atoms with Gasteiger partial charge in [0, 0.05) is 50.6 Å². The fourth-order valence-corrected chi connectivity index (χ4v) is 3.89. The third-order valence-electron chi connectivity index (χ3n) is 4.80. The highest BCUT2D eigenvalue weighted by Gasteiger charge is 2.25. The lowest BCUT2D eigenvalue weighted by atomic mass is 9.91. The van der Waals surface area contributed by atoms with Crippen LogP contribution in [0.25, 0.3) is 0 Å². The molecule has 1 aromatic rings. The molecule has 1 fully saturated rings. The highest BCUT2D eigenvalue weighted by atomic mass is 15.2. The number of hydrogen-bond donors (Lipinski definition) is 1. The van der Waals surface area contributed by atoms with E-state index < -0.39 is 0 Å². The number of hydrogen-bond acceptors (Lipinski definition) is 3. The van der Waals surface area contributed by atoms with Gasteiger partial charge in [-0.1, -0.05) is 0 Å². The second kappa shape index (κ2) is 4.71. The van der Waals surface area contributed by atoms with Crippen molar-refractivity contribution < 1.29 is 0 Å². The highest BCUT2D eigenvalue weighted by Crippen LogP contribution is 2.38. The molecule has 0 radical (unpaired) electrons. The van der Waals surface area contributed by atoms with Crippen LogP contribution in [0.4, 0.5) is 11.4 Å². The van der Waals surface area contributed by atoms with Crippen molar-refractivity contribution in [2.24, 2.45) is 0 Å². The Morgan fingerprint density at radius 1 is 0.789 bits per heavy atom. The minimum absolute atomic E-state index is 1.12. The summed E-state index contributed by atoms with van der Waals surface area (Å²) in [6, 6.07) is 4.95. The lowest BCUT2D eigenvalue weighted by Crippen LogP contribution is -2.43. The summed E-state index contributed by atoms with van der Waals surface area (Å²) in [5.74, 6) is 0. The molecule has 19 heavy (non-hydrogen) atoms. The average Bonchev–Trinajstić information content (AvgIpc) is 2.49. The molecule has 1 N–H and O–H groups in total. The standard InChI is InChI=1S/C16H23N3/c1-3-13-11-15(18-9-5-17-6-10-18)12-14-4-2-8-19(7-1)16(13)14/h11-12,17H,1-10H2. The predicted octanol–water partition coefficient (Wildman–Crippen LogP) is 1.79. The molecule has 102 valence electrons. The van der Waals surface area contributed by atoms with Crippen molar-refractivity contribution in [3.63, 3.8) is 0 Å². The van der Waals surface area contributed by atoms with Crippen LogP contribution < -0.4 is 15.1 Å². The molecule has 0 bridgehead atoms. The Bertz CT molecular complexity index is 446. The molecule has 3 nitrogen and oxygen atoms in total. The molecule has 1 saturated heterocycles. The molecule has 1 aromatic carbocycles. The van der Waals surface area contributed by atoms with Crippen molar-refractivity contribution in [3.8, 4) is 0 Å². The van der Waals surface area contributed by atoms with Crippen molar-refractivity contribution in [1.29, 1.82) is 0 Å². The Morgan fingerprint density at radius 3 is 2.05 bits per heavy atom. The molecule has 3 heterocycles. The first-order valence-electron chi connectivity index (χ1n) is 7.78. The maximum absolute atomic E-state index is 3.44. The molecule has 0 amide bonds. The van der Waals surface area contributed by atoms with Crippen LogP contribution in [0.1, 0.15) is 24.0 Å². The predicted molar refractivity (Wildman–Crippen MR) is 80.4 cm³/mol. The smallest absolute Gasteiger partial charge is 0.0432 e. The van der Waals surface area contributed by atoms with E-state index in [-0.39, 0.29) is 0 Å². The summed E-state index contributed by atoms with van der Waals surface area (Å²) in [5.41, 5.74) is 6.28. The zero-order valence-electron chi connectivity index (χ0n) is 11.6. The molecule has 0 saturated carbocycles. The molecule has 0 aliphatic carbocycles. The number of nitrogens with zero attached hydrogens (tertiary/aromatic N) is 2. The zero-order chi connectivity index (χ0) is 12.7. The van der Waals surface area contributed by atoms with Crippen LogP contribution in [0, 0.1) is 0 Å². The Hall–Kier alpha value is -1.22. The second-order valence-corrected chi connectivity index (χ2v) is 6.04. The van der Waals surface area contributed by atoms with Gasteiger partial charge in [-0.05, 0) is 48.9 Å². The molecule has 4 rings (SSSR count). The van der Waals surface area contributed by atoms with Gasteiger partial charge in [-0.25, -0.2) is 0 Å². The molecule has 3 heteroatoms. The van der Waals surface area contributed by atoms with Crippen molar-refractivity contribution in [1.82, 2.24) is 5.32 Å². The van der Waals surface area contributed by atoms with Gasteiger partial charge in [-0.3, -0.25) is 0 Å². The van der Waals surface area contributed by atoms with Gasteiger partial charge in [0.15, 0.2) is 0 Å². The summed E-state index contributed by atoms with van der Waals surface area (Å²) < 4.78 is 0. The monoisotopic (exact) mass is 257 g/mol. The number of nitrogens with one attached hydrogen (secondary N) is 1. The van der Waals surface area contributed by atoms with E-state index in [0.29, 0.717) is 0 Å². The molecule has 0 atom stereocenters. The van der Waals surface area contributed by atoms with Gasteiger partial charge in [0.2, 0.25) is 0 Å². The summed E-state index contributed by atoms with van der Waals surface area (Å²) in [5, 5.41) is 3.44. The first-order chi connectivity index (χ1) is 9.42. The van der Waals surface area contributed by atoms with Gasteiger partial charge in [-0.15, -0.1) is 0 Å². The van der Waals surface area contributed by atoms with Crippen LogP contribution >= 0.6 is 0 Å². The van der Waals surface area contributed by atoms with Crippen molar-refractivity contribution in [3.05, 3.63) is 23.3 Å². The summed E-state index contributed by atoms with van der Waals surface area (Å²) >= 11 is 0. The Kier molecular flexibility index (Phi) is 2.87.